The Hall–Kier alpha value is -3.56. The van der Waals surface area contributed by atoms with Crippen molar-refractivity contribution in [1.29, 1.82) is 0 Å². The first-order chi connectivity index (χ1) is 12.7. The molecule has 1 N–H and O–H groups in total. The average Bonchev–Trinajstić information content (AvgIpc) is 2.82. The second-order valence-electron chi connectivity index (χ2n) is 5.68. The molecule has 27 heavy (non-hydrogen) atoms. The minimum atomic E-state index is -1.11. The summed E-state index contributed by atoms with van der Waals surface area (Å²) in [6.07, 6.45) is 1.28. The molecule has 9 nitrogen and oxygen atoms in total. The van der Waals surface area contributed by atoms with Crippen molar-refractivity contribution in [1.82, 2.24) is 14.7 Å². The van der Waals surface area contributed by atoms with Crippen LogP contribution in [0.5, 0.6) is 0 Å². The van der Waals surface area contributed by atoms with Crippen LogP contribution in [0.25, 0.3) is 0 Å². The quantitative estimate of drug-likeness (QED) is 0.416. The van der Waals surface area contributed by atoms with Gasteiger partial charge in [-0.2, -0.15) is 0 Å². The number of anilines is 1. The van der Waals surface area contributed by atoms with Crippen LogP contribution in [0.4, 0.5) is 14.9 Å². The molecule has 1 aliphatic heterocycles. The number of rotatable bonds is 7. The average molecular weight is 376 g/mol. The molecule has 1 aromatic rings. The molecule has 0 radical (unpaired) electrons. The van der Waals surface area contributed by atoms with E-state index in [9.17, 15) is 28.4 Å². The number of carbonyl (C=O) groups is 5. The van der Waals surface area contributed by atoms with E-state index in [0.29, 0.717) is 15.5 Å². The Morgan fingerprint density at radius 1 is 1.15 bits per heavy atom. The molecular weight excluding hydrogens is 359 g/mol. The van der Waals surface area contributed by atoms with Crippen molar-refractivity contribution in [2.75, 3.05) is 32.0 Å². The molecule has 0 aliphatic carbocycles. The van der Waals surface area contributed by atoms with E-state index in [1.54, 1.807) is 0 Å². The van der Waals surface area contributed by atoms with Crippen LogP contribution in [0.3, 0.4) is 0 Å². The number of hydrogen-bond donors (Lipinski definition) is 1. The largest absolute Gasteiger partial charge is 0.335 e. The predicted molar refractivity (Wildman–Crippen MR) is 91.7 cm³/mol. The highest BCUT2D eigenvalue weighted by Crippen LogP contribution is 2.12. The Labute approximate surface area is 154 Å². The van der Waals surface area contributed by atoms with E-state index >= 15 is 0 Å². The highest BCUT2D eigenvalue weighted by Gasteiger charge is 2.44. The lowest BCUT2D eigenvalue weighted by atomic mass is 10.3. The fourth-order valence-electron chi connectivity index (χ4n) is 2.27. The lowest BCUT2D eigenvalue weighted by Gasteiger charge is -2.20. The van der Waals surface area contributed by atoms with E-state index < -0.39 is 42.0 Å². The van der Waals surface area contributed by atoms with E-state index in [2.05, 4.69) is 11.9 Å². The van der Waals surface area contributed by atoms with Gasteiger partial charge in [-0.25, -0.2) is 14.1 Å². The first kappa shape index (κ1) is 19.8. The minimum Gasteiger partial charge on any atom is -0.335 e. The number of benzene rings is 1. The summed E-state index contributed by atoms with van der Waals surface area (Å²) < 4.78 is 12.8. The molecule has 0 saturated carbocycles. The third kappa shape index (κ3) is 4.54. The molecule has 6 amide bonds. The summed E-state index contributed by atoms with van der Waals surface area (Å²) in [5.41, 5.74) is 0.345. The number of imide groups is 2. The summed E-state index contributed by atoms with van der Waals surface area (Å²) in [4.78, 5) is 61.9. The number of nitrogens with one attached hydrogen (secondary N) is 1. The predicted octanol–water partition coefficient (Wildman–Crippen LogP) is 0.199. The van der Waals surface area contributed by atoms with Crippen LogP contribution in [0.15, 0.2) is 36.9 Å². The summed E-state index contributed by atoms with van der Waals surface area (Å²) in [6, 6.07) is 4.14. The molecule has 0 spiro atoms. The molecule has 2 rings (SSSR count). The Bertz CT molecular complexity index is 808. The Kier molecular flexibility index (Phi) is 6.01. The van der Waals surface area contributed by atoms with Gasteiger partial charge >= 0.3 is 17.8 Å². The van der Waals surface area contributed by atoms with Crippen molar-refractivity contribution in [2.24, 2.45) is 0 Å². The van der Waals surface area contributed by atoms with Gasteiger partial charge in [-0.3, -0.25) is 24.1 Å². The zero-order valence-corrected chi connectivity index (χ0v) is 14.5. The maximum Gasteiger partial charge on any atom is 0.335 e. The number of nitrogens with zero attached hydrogens (tertiary/aromatic N) is 3. The third-order valence-electron chi connectivity index (χ3n) is 3.67. The van der Waals surface area contributed by atoms with Gasteiger partial charge in [-0.15, -0.1) is 6.58 Å². The molecule has 1 heterocycles. The number of carbonyl (C=O) groups excluding carboxylic acids is 5. The lowest BCUT2D eigenvalue weighted by molar-refractivity contribution is -0.144. The van der Waals surface area contributed by atoms with Crippen LogP contribution < -0.4 is 5.32 Å². The Morgan fingerprint density at radius 2 is 1.74 bits per heavy atom. The van der Waals surface area contributed by atoms with Crippen molar-refractivity contribution < 1.29 is 28.4 Å². The molecule has 1 aromatic carbocycles. The number of urea groups is 1. The topological polar surface area (TPSA) is 107 Å². The van der Waals surface area contributed by atoms with Crippen LogP contribution in [-0.4, -0.2) is 71.0 Å². The van der Waals surface area contributed by atoms with Gasteiger partial charge in [0.25, 0.3) is 0 Å². The van der Waals surface area contributed by atoms with Gasteiger partial charge < -0.3 is 10.2 Å². The second kappa shape index (κ2) is 8.21. The number of hydrogen-bond acceptors (Lipinski definition) is 5. The van der Waals surface area contributed by atoms with Crippen LogP contribution in [0, 0.1) is 5.82 Å². The van der Waals surface area contributed by atoms with E-state index in [1.165, 1.54) is 37.4 Å². The molecule has 0 atom stereocenters. The fourth-order valence-corrected chi connectivity index (χ4v) is 2.27. The summed E-state index contributed by atoms with van der Waals surface area (Å²) in [7, 11) is 1.31. The van der Waals surface area contributed by atoms with Crippen molar-refractivity contribution in [2.45, 2.75) is 0 Å². The van der Waals surface area contributed by atoms with Crippen LogP contribution in [0.2, 0.25) is 0 Å². The number of amides is 6. The van der Waals surface area contributed by atoms with E-state index in [0.717, 1.165) is 4.90 Å². The highest BCUT2D eigenvalue weighted by molar-refractivity contribution is 6.45. The minimum absolute atomic E-state index is 0.149. The monoisotopic (exact) mass is 376 g/mol. The third-order valence-corrected chi connectivity index (χ3v) is 3.67. The van der Waals surface area contributed by atoms with Gasteiger partial charge in [0.1, 0.15) is 12.4 Å². The van der Waals surface area contributed by atoms with Gasteiger partial charge in [0.05, 0.1) is 6.54 Å². The van der Waals surface area contributed by atoms with E-state index in [-0.39, 0.29) is 13.1 Å². The number of likely N-dealkylation sites (N-methyl/N-ethyl adjacent to an activating group) is 1. The summed E-state index contributed by atoms with van der Waals surface area (Å²) in [5, 5.41) is 2.48. The molecule has 10 heteroatoms. The molecule has 0 aromatic heterocycles. The van der Waals surface area contributed by atoms with Gasteiger partial charge in [0.15, 0.2) is 0 Å². The van der Waals surface area contributed by atoms with Crippen molar-refractivity contribution >= 4 is 35.3 Å². The summed E-state index contributed by atoms with van der Waals surface area (Å²) in [5.74, 6) is -3.87. The Morgan fingerprint density at radius 3 is 2.33 bits per heavy atom. The second-order valence-corrected chi connectivity index (χ2v) is 5.68. The molecular formula is C17H17FN4O5. The molecule has 1 aliphatic rings. The first-order valence-corrected chi connectivity index (χ1v) is 7.82. The smallest absolute Gasteiger partial charge is 0.335 e. The maximum absolute atomic E-state index is 12.8. The van der Waals surface area contributed by atoms with Crippen molar-refractivity contribution in [3.05, 3.63) is 42.7 Å². The fraction of sp³-hybridized carbons (Fsp3) is 0.235. The van der Waals surface area contributed by atoms with Crippen molar-refractivity contribution in [3.8, 4) is 0 Å². The molecule has 1 saturated heterocycles. The molecule has 0 bridgehead atoms. The van der Waals surface area contributed by atoms with Crippen LogP contribution in [0.1, 0.15) is 0 Å². The van der Waals surface area contributed by atoms with E-state index in [4.69, 9.17) is 0 Å². The van der Waals surface area contributed by atoms with Gasteiger partial charge in [-0.05, 0) is 24.3 Å². The standard InChI is InChI=1S/C17H17FN4O5/c1-3-8-21-15(25)16(26)22(17(21)27)10-14(24)20(2)9-13(23)19-12-6-4-11(18)5-7-12/h3-7H,1,8-10H2,2H3,(H,19,23). The van der Waals surface area contributed by atoms with Crippen LogP contribution in [-0.2, 0) is 19.2 Å². The molecule has 142 valence electrons. The van der Waals surface area contributed by atoms with Gasteiger partial charge in [0, 0.05) is 19.3 Å². The maximum atomic E-state index is 12.8. The number of halogens is 1. The zero-order valence-electron chi connectivity index (χ0n) is 14.5. The highest BCUT2D eigenvalue weighted by atomic mass is 19.1. The molecule has 1 fully saturated rings. The van der Waals surface area contributed by atoms with Crippen molar-refractivity contribution in [3.63, 3.8) is 0 Å². The van der Waals surface area contributed by atoms with Crippen LogP contribution >= 0.6 is 0 Å². The first-order valence-electron chi connectivity index (χ1n) is 7.82. The molecule has 0 unspecified atom stereocenters. The summed E-state index contributed by atoms with van der Waals surface area (Å²) >= 11 is 0. The SMILES string of the molecule is C=CCN1C(=O)C(=O)N(CC(=O)N(C)CC(=O)Nc2ccc(F)cc2)C1=O. The summed E-state index contributed by atoms with van der Waals surface area (Å²) in [6.45, 7) is 2.21. The zero-order chi connectivity index (χ0) is 20.1. The Balaban J connectivity index is 1.93. The van der Waals surface area contributed by atoms with E-state index in [1.807, 2.05) is 0 Å². The van der Waals surface area contributed by atoms with Gasteiger partial charge in [0.2, 0.25) is 11.8 Å². The van der Waals surface area contributed by atoms with Gasteiger partial charge in [-0.1, -0.05) is 6.08 Å². The normalized spacial score (nSPS) is 13.8. The lowest BCUT2D eigenvalue weighted by Crippen LogP contribution is -2.44.